The average Bonchev–Trinajstić information content (AvgIpc) is 2.74. The molecule has 0 atom stereocenters. The summed E-state index contributed by atoms with van der Waals surface area (Å²) in [6, 6.07) is 10.7. The van der Waals surface area contributed by atoms with Crippen LogP contribution < -0.4 is 10.2 Å². The molecule has 1 aliphatic heterocycles. The Bertz CT molecular complexity index is 1020. The van der Waals surface area contributed by atoms with Gasteiger partial charge in [0.05, 0.1) is 23.7 Å². The van der Waals surface area contributed by atoms with Crippen LogP contribution in [0.2, 0.25) is 0 Å². The lowest BCUT2D eigenvalue weighted by molar-refractivity contribution is 0.102. The maximum atomic E-state index is 13.3. The fourth-order valence-corrected chi connectivity index (χ4v) is 5.38. The zero-order valence-corrected chi connectivity index (χ0v) is 19.5. The van der Waals surface area contributed by atoms with Gasteiger partial charge >= 0.3 is 0 Å². The van der Waals surface area contributed by atoms with E-state index in [1.165, 1.54) is 10.4 Å². The second-order valence-corrected chi connectivity index (χ2v) is 9.64. The summed E-state index contributed by atoms with van der Waals surface area (Å²) in [5.74, 6) is -0.330. The molecular formula is C23H31N3O4S. The Morgan fingerprint density at radius 1 is 1.03 bits per heavy atom. The Morgan fingerprint density at radius 2 is 1.65 bits per heavy atom. The number of carbonyl (C=O) groups is 1. The van der Waals surface area contributed by atoms with Crippen molar-refractivity contribution < 1.29 is 17.9 Å². The number of hydrogen-bond donors (Lipinski definition) is 1. The van der Waals surface area contributed by atoms with Crippen LogP contribution in [0.3, 0.4) is 0 Å². The third-order valence-electron chi connectivity index (χ3n) is 5.39. The topological polar surface area (TPSA) is 79.0 Å². The van der Waals surface area contributed by atoms with Crippen molar-refractivity contribution in [3.8, 4) is 0 Å². The van der Waals surface area contributed by atoms with Crippen molar-refractivity contribution in [3.63, 3.8) is 0 Å². The predicted octanol–water partition coefficient (Wildman–Crippen LogP) is 3.42. The van der Waals surface area contributed by atoms with E-state index in [0.717, 1.165) is 11.1 Å². The molecule has 3 rings (SSSR count). The first-order chi connectivity index (χ1) is 14.8. The number of amides is 1. The van der Waals surface area contributed by atoms with E-state index in [0.29, 0.717) is 56.3 Å². The Kier molecular flexibility index (Phi) is 7.35. The van der Waals surface area contributed by atoms with Crippen molar-refractivity contribution in [2.45, 2.75) is 32.6 Å². The van der Waals surface area contributed by atoms with Gasteiger partial charge in [0.25, 0.3) is 5.91 Å². The van der Waals surface area contributed by atoms with Crippen LogP contribution in [0.4, 0.5) is 11.4 Å². The molecule has 0 radical (unpaired) electrons. The summed E-state index contributed by atoms with van der Waals surface area (Å²) in [4.78, 5) is 15.5. The average molecular weight is 446 g/mol. The number of benzene rings is 2. The zero-order chi connectivity index (χ0) is 22.6. The lowest BCUT2D eigenvalue weighted by Gasteiger charge is -2.30. The van der Waals surface area contributed by atoms with Crippen molar-refractivity contribution >= 4 is 27.3 Å². The number of aryl methyl sites for hydroxylation is 2. The minimum atomic E-state index is -3.68. The van der Waals surface area contributed by atoms with Gasteiger partial charge in [-0.05, 0) is 55.3 Å². The van der Waals surface area contributed by atoms with Crippen molar-refractivity contribution in [3.05, 3.63) is 53.1 Å². The van der Waals surface area contributed by atoms with E-state index >= 15 is 0 Å². The van der Waals surface area contributed by atoms with E-state index in [1.807, 2.05) is 32.0 Å². The fraction of sp³-hybridized carbons (Fsp3) is 0.435. The molecule has 2 aromatic rings. The largest absolute Gasteiger partial charge is 0.378 e. The van der Waals surface area contributed by atoms with E-state index in [1.54, 1.807) is 26.0 Å². The smallest absolute Gasteiger partial charge is 0.257 e. The van der Waals surface area contributed by atoms with Gasteiger partial charge in [0, 0.05) is 37.6 Å². The van der Waals surface area contributed by atoms with Crippen LogP contribution in [0.15, 0.2) is 41.3 Å². The lowest BCUT2D eigenvalue weighted by Crippen LogP contribution is -2.37. The summed E-state index contributed by atoms with van der Waals surface area (Å²) in [6.07, 6.45) is 0. The van der Waals surface area contributed by atoms with Crippen molar-refractivity contribution in [1.29, 1.82) is 0 Å². The number of rotatable bonds is 7. The van der Waals surface area contributed by atoms with Crippen LogP contribution in [0, 0.1) is 13.8 Å². The van der Waals surface area contributed by atoms with Crippen LogP contribution in [0.1, 0.15) is 35.3 Å². The number of nitrogens with one attached hydrogen (secondary N) is 1. The van der Waals surface area contributed by atoms with Gasteiger partial charge in [0.2, 0.25) is 10.0 Å². The van der Waals surface area contributed by atoms with Gasteiger partial charge in [0.15, 0.2) is 0 Å². The third-order valence-corrected chi connectivity index (χ3v) is 7.43. The van der Waals surface area contributed by atoms with Crippen molar-refractivity contribution in [2.75, 3.05) is 49.6 Å². The van der Waals surface area contributed by atoms with E-state index in [4.69, 9.17) is 4.74 Å². The number of anilines is 2. The number of hydrogen-bond acceptors (Lipinski definition) is 5. The van der Waals surface area contributed by atoms with Crippen LogP contribution in [-0.2, 0) is 14.8 Å². The van der Waals surface area contributed by atoms with E-state index in [2.05, 4.69) is 10.2 Å². The summed E-state index contributed by atoms with van der Waals surface area (Å²) in [5, 5.41) is 2.95. The maximum absolute atomic E-state index is 13.3. The third kappa shape index (κ3) is 5.26. The minimum absolute atomic E-state index is 0.124. The highest BCUT2D eigenvalue weighted by Gasteiger charge is 2.26. The van der Waals surface area contributed by atoms with Crippen LogP contribution in [-0.4, -0.2) is 58.0 Å². The SMILES string of the molecule is CCN(CC)S(=O)(=O)c1ccc(N2CCOCC2)c(C(=O)Nc2cc(C)cc(C)c2)c1. The highest BCUT2D eigenvalue weighted by Crippen LogP contribution is 2.28. The maximum Gasteiger partial charge on any atom is 0.257 e. The van der Waals surface area contributed by atoms with Crippen LogP contribution >= 0.6 is 0 Å². The van der Waals surface area contributed by atoms with E-state index in [-0.39, 0.29) is 10.8 Å². The monoisotopic (exact) mass is 445 g/mol. The second-order valence-electron chi connectivity index (χ2n) is 7.70. The number of ether oxygens (including phenoxy) is 1. The predicted molar refractivity (Wildman–Crippen MR) is 123 cm³/mol. The summed E-state index contributed by atoms with van der Waals surface area (Å²) < 4.78 is 33.0. The highest BCUT2D eigenvalue weighted by atomic mass is 32.2. The van der Waals surface area contributed by atoms with Crippen LogP contribution in [0.25, 0.3) is 0 Å². The van der Waals surface area contributed by atoms with E-state index in [9.17, 15) is 13.2 Å². The van der Waals surface area contributed by atoms with Gasteiger partial charge in [-0.25, -0.2) is 8.42 Å². The zero-order valence-electron chi connectivity index (χ0n) is 18.6. The van der Waals surface area contributed by atoms with Gasteiger partial charge in [-0.2, -0.15) is 4.31 Å². The number of morpholine rings is 1. The van der Waals surface area contributed by atoms with Gasteiger partial charge < -0.3 is 15.0 Å². The molecule has 1 aliphatic rings. The number of carbonyl (C=O) groups excluding carboxylic acids is 1. The highest BCUT2D eigenvalue weighted by molar-refractivity contribution is 7.89. The Hall–Kier alpha value is -2.42. The van der Waals surface area contributed by atoms with Gasteiger partial charge in [0.1, 0.15) is 0 Å². The molecule has 2 aromatic carbocycles. The Morgan fingerprint density at radius 3 is 2.23 bits per heavy atom. The van der Waals surface area contributed by atoms with Crippen molar-refractivity contribution in [2.24, 2.45) is 0 Å². The molecular weight excluding hydrogens is 414 g/mol. The van der Waals surface area contributed by atoms with Gasteiger partial charge in [-0.1, -0.05) is 19.9 Å². The molecule has 1 fully saturated rings. The van der Waals surface area contributed by atoms with Gasteiger partial charge in [-0.15, -0.1) is 0 Å². The summed E-state index contributed by atoms with van der Waals surface area (Å²) in [5.41, 5.74) is 3.83. The fourth-order valence-electron chi connectivity index (χ4n) is 3.90. The molecule has 1 N–H and O–H groups in total. The molecule has 1 heterocycles. The van der Waals surface area contributed by atoms with Crippen molar-refractivity contribution in [1.82, 2.24) is 4.31 Å². The normalized spacial score (nSPS) is 14.7. The van der Waals surface area contributed by atoms with Crippen LogP contribution in [0.5, 0.6) is 0 Å². The summed E-state index contributed by atoms with van der Waals surface area (Å²) in [7, 11) is -3.68. The first kappa shape index (κ1) is 23.2. The number of sulfonamides is 1. The second kappa shape index (κ2) is 9.80. The molecule has 0 bridgehead atoms. The number of nitrogens with zero attached hydrogens (tertiary/aromatic N) is 2. The Balaban J connectivity index is 2.04. The summed E-state index contributed by atoms with van der Waals surface area (Å²) in [6.45, 7) is 10.7. The molecule has 8 heteroatoms. The molecule has 1 saturated heterocycles. The quantitative estimate of drug-likeness (QED) is 0.707. The lowest BCUT2D eigenvalue weighted by atomic mass is 10.1. The molecule has 0 aromatic heterocycles. The molecule has 0 saturated carbocycles. The van der Waals surface area contributed by atoms with Gasteiger partial charge in [-0.3, -0.25) is 4.79 Å². The molecule has 0 spiro atoms. The standard InChI is InChI=1S/C23H31N3O4S/c1-5-26(6-2)31(28,29)20-7-8-22(25-9-11-30-12-10-25)21(16-20)23(27)24-19-14-17(3)13-18(4)15-19/h7-8,13-16H,5-6,9-12H2,1-4H3,(H,24,27). The first-order valence-corrected chi connectivity index (χ1v) is 12.1. The van der Waals surface area contributed by atoms with E-state index < -0.39 is 10.0 Å². The Labute approximate surface area is 185 Å². The first-order valence-electron chi connectivity index (χ1n) is 10.6. The molecule has 168 valence electrons. The molecule has 7 nitrogen and oxygen atoms in total. The molecule has 1 amide bonds. The minimum Gasteiger partial charge on any atom is -0.378 e. The molecule has 0 unspecified atom stereocenters. The molecule has 0 aliphatic carbocycles. The summed E-state index contributed by atoms with van der Waals surface area (Å²) >= 11 is 0. The molecule has 31 heavy (non-hydrogen) atoms.